The Morgan fingerprint density at radius 3 is 2.37 bits per heavy atom. The molecule has 0 spiro atoms. The minimum atomic E-state index is -0.188. The molecule has 46 heavy (non-hydrogen) atoms. The van der Waals surface area contributed by atoms with E-state index in [4.69, 9.17) is 14.2 Å². The lowest BCUT2D eigenvalue weighted by molar-refractivity contribution is -0.125. The molecule has 3 aromatic rings. The first-order valence-corrected chi connectivity index (χ1v) is 17.5. The van der Waals surface area contributed by atoms with Crippen LogP contribution < -0.4 is 9.64 Å². The van der Waals surface area contributed by atoms with Gasteiger partial charge in [0.1, 0.15) is 23.0 Å². The molecule has 246 valence electrons. The van der Waals surface area contributed by atoms with Crippen LogP contribution in [0.2, 0.25) is 0 Å². The number of methoxy groups -OCH3 is 1. The lowest BCUT2D eigenvalue weighted by Crippen LogP contribution is -2.56. The van der Waals surface area contributed by atoms with Gasteiger partial charge in [0.2, 0.25) is 5.91 Å². The van der Waals surface area contributed by atoms with Crippen molar-refractivity contribution in [2.24, 2.45) is 11.3 Å². The number of anilines is 1. The van der Waals surface area contributed by atoms with Crippen LogP contribution in [0.15, 0.2) is 47.1 Å². The van der Waals surface area contributed by atoms with Gasteiger partial charge in [-0.1, -0.05) is 31.1 Å². The van der Waals surface area contributed by atoms with Crippen molar-refractivity contribution in [1.82, 2.24) is 15.0 Å². The van der Waals surface area contributed by atoms with E-state index in [0.717, 1.165) is 106 Å². The summed E-state index contributed by atoms with van der Waals surface area (Å²) >= 11 is 0. The minimum Gasteiger partial charge on any atom is -0.496 e. The van der Waals surface area contributed by atoms with E-state index in [1.165, 1.54) is 11.1 Å². The van der Waals surface area contributed by atoms with Crippen LogP contribution in [-0.4, -0.2) is 64.9 Å². The number of aryl methyl sites for hydroxylation is 1. The topological polar surface area (TPSA) is 91.9 Å². The average Bonchev–Trinajstić information content (AvgIpc) is 3.58. The number of hydrogen-bond donors (Lipinski definition) is 1. The summed E-state index contributed by atoms with van der Waals surface area (Å²) in [6, 6.07) is 13.2. The zero-order valence-electron chi connectivity index (χ0n) is 28.0. The molecule has 8 heteroatoms. The van der Waals surface area contributed by atoms with E-state index in [9.17, 15) is 9.90 Å². The van der Waals surface area contributed by atoms with Gasteiger partial charge in [-0.05, 0) is 111 Å². The van der Waals surface area contributed by atoms with Crippen molar-refractivity contribution in [3.63, 3.8) is 0 Å². The van der Waals surface area contributed by atoms with Gasteiger partial charge >= 0.3 is 0 Å². The van der Waals surface area contributed by atoms with Gasteiger partial charge < -0.3 is 14.4 Å². The summed E-state index contributed by atoms with van der Waals surface area (Å²) in [6.45, 7) is 8.59. The van der Waals surface area contributed by atoms with Crippen LogP contribution in [-0.2, 0) is 10.2 Å². The number of aliphatic hydroxyl groups is 1. The molecule has 1 N–H and O–H groups in total. The van der Waals surface area contributed by atoms with Crippen LogP contribution in [0.3, 0.4) is 0 Å². The lowest BCUT2D eigenvalue weighted by atomic mass is 9.51. The first-order valence-electron chi connectivity index (χ1n) is 17.5. The molecule has 4 saturated carbocycles. The van der Waals surface area contributed by atoms with Crippen LogP contribution in [0.1, 0.15) is 101 Å². The molecule has 3 heterocycles. The largest absolute Gasteiger partial charge is 0.496 e. The van der Waals surface area contributed by atoms with Crippen molar-refractivity contribution < 1.29 is 19.2 Å². The second-order valence-electron chi connectivity index (χ2n) is 15.2. The van der Waals surface area contributed by atoms with Crippen LogP contribution in [0, 0.1) is 18.3 Å². The quantitative estimate of drug-likeness (QED) is 0.272. The first-order chi connectivity index (χ1) is 22.2. The number of carbonyl (C=O) groups is 1. The molecule has 1 aromatic carbocycles. The number of nitrogens with zero attached hydrogens (tertiary/aromatic N) is 4. The highest BCUT2D eigenvalue weighted by atomic mass is 16.5. The third kappa shape index (κ3) is 5.87. The Hall–Kier alpha value is -3.23. The van der Waals surface area contributed by atoms with E-state index in [1.54, 1.807) is 7.11 Å². The van der Waals surface area contributed by atoms with E-state index < -0.39 is 0 Å². The molecule has 5 fully saturated rings. The third-order valence-electron chi connectivity index (χ3n) is 12.0. The van der Waals surface area contributed by atoms with Crippen LogP contribution >= 0.6 is 0 Å². The highest BCUT2D eigenvalue weighted by molar-refractivity contribution is 5.95. The standard InChI is InChI=1S/C38H50N4O4/c1-25(2)34-21-32(40-46-34)28-11-18-39-35(20-28)42(36(44)27-5-8-30(9-6-27)41-22-31(43)23-41)24-37-12-15-38(16-13-37,17-14-37)29-7-10-33(45-4)26(3)19-29/h7,10-11,18-21,25,27,30-31,43H,5-6,8-9,12-17,22-24H2,1-4H3. The van der Waals surface area contributed by atoms with Gasteiger partial charge in [0.25, 0.3) is 0 Å². The van der Waals surface area contributed by atoms with Gasteiger partial charge in [0.15, 0.2) is 0 Å². The van der Waals surface area contributed by atoms with Gasteiger partial charge in [0, 0.05) is 55.3 Å². The van der Waals surface area contributed by atoms with E-state index >= 15 is 0 Å². The molecular weight excluding hydrogens is 576 g/mol. The fourth-order valence-electron chi connectivity index (χ4n) is 8.87. The maximum atomic E-state index is 14.6. The zero-order valence-corrected chi connectivity index (χ0v) is 28.0. The average molecular weight is 627 g/mol. The van der Waals surface area contributed by atoms with E-state index in [2.05, 4.69) is 53.9 Å². The molecule has 0 atom stereocenters. The van der Waals surface area contributed by atoms with Crippen molar-refractivity contribution in [3.05, 3.63) is 59.5 Å². The monoisotopic (exact) mass is 626 g/mol. The summed E-state index contributed by atoms with van der Waals surface area (Å²) in [5, 5.41) is 14.2. The molecule has 1 amide bonds. The number of benzene rings is 1. The molecule has 2 bridgehead atoms. The van der Waals surface area contributed by atoms with Crippen molar-refractivity contribution >= 4 is 11.7 Å². The number of amides is 1. The normalized spacial score (nSPS) is 28.3. The number of β-amino-alcohol motifs (C(OH)–C–C–N with tert-alkyl or cyclic N) is 1. The van der Waals surface area contributed by atoms with E-state index in [-0.39, 0.29) is 34.7 Å². The second-order valence-corrected chi connectivity index (χ2v) is 15.2. The van der Waals surface area contributed by atoms with Gasteiger partial charge in [0.05, 0.1) is 13.2 Å². The summed E-state index contributed by atoms with van der Waals surface area (Å²) in [5.41, 5.74) is 4.67. The summed E-state index contributed by atoms with van der Waals surface area (Å²) in [6.07, 6.45) is 12.2. The number of carbonyl (C=O) groups excluding carboxylic acids is 1. The van der Waals surface area contributed by atoms with Crippen LogP contribution in [0.5, 0.6) is 5.75 Å². The Morgan fingerprint density at radius 1 is 1.04 bits per heavy atom. The fraction of sp³-hybridized carbons (Fsp3) is 0.605. The minimum absolute atomic E-state index is 0.00236. The predicted molar refractivity (Wildman–Crippen MR) is 179 cm³/mol. The molecule has 4 aliphatic carbocycles. The smallest absolute Gasteiger partial charge is 0.231 e. The third-order valence-corrected chi connectivity index (χ3v) is 12.0. The van der Waals surface area contributed by atoms with Crippen molar-refractivity contribution in [2.45, 2.75) is 108 Å². The SMILES string of the molecule is COc1ccc(C23CCC(CN(C(=O)C4CCC(N5CC(O)C5)CC4)c4cc(-c5cc(C(C)C)on5)ccn4)(CC2)CC3)cc1C. The number of pyridine rings is 1. The Balaban J connectivity index is 1.13. The number of likely N-dealkylation sites (tertiary alicyclic amines) is 1. The molecule has 2 aromatic heterocycles. The number of ether oxygens (including phenoxy) is 1. The van der Waals surface area contributed by atoms with Gasteiger partial charge in [-0.15, -0.1) is 0 Å². The highest BCUT2D eigenvalue weighted by Crippen LogP contribution is 2.58. The maximum absolute atomic E-state index is 14.6. The highest BCUT2D eigenvalue weighted by Gasteiger charge is 2.51. The number of rotatable bonds is 9. The summed E-state index contributed by atoms with van der Waals surface area (Å²) in [7, 11) is 1.74. The van der Waals surface area contributed by atoms with E-state index in [1.807, 2.05) is 24.4 Å². The zero-order chi connectivity index (χ0) is 32.1. The molecule has 1 aliphatic heterocycles. The lowest BCUT2D eigenvalue weighted by Gasteiger charge is -2.55. The summed E-state index contributed by atoms with van der Waals surface area (Å²) in [5.74, 6) is 3.00. The molecule has 0 radical (unpaired) electrons. The van der Waals surface area contributed by atoms with Crippen LogP contribution in [0.25, 0.3) is 11.3 Å². The van der Waals surface area contributed by atoms with Crippen LogP contribution in [0.4, 0.5) is 5.82 Å². The molecule has 5 aliphatic rings. The van der Waals surface area contributed by atoms with Crippen molar-refractivity contribution in [3.8, 4) is 17.0 Å². The fourth-order valence-corrected chi connectivity index (χ4v) is 8.87. The Bertz CT molecular complexity index is 1530. The molecule has 8 rings (SSSR count). The predicted octanol–water partition coefficient (Wildman–Crippen LogP) is 7.04. The second kappa shape index (κ2) is 12.4. The van der Waals surface area contributed by atoms with Gasteiger partial charge in [-0.25, -0.2) is 4.98 Å². The molecule has 8 nitrogen and oxygen atoms in total. The van der Waals surface area contributed by atoms with Crippen molar-refractivity contribution in [2.75, 3.05) is 31.6 Å². The number of fused-ring (bicyclic) bond motifs is 3. The number of aromatic nitrogens is 2. The van der Waals surface area contributed by atoms with Crippen molar-refractivity contribution in [1.29, 1.82) is 0 Å². The molecule has 0 unspecified atom stereocenters. The number of aliphatic hydroxyl groups excluding tert-OH is 1. The molecular formula is C38H50N4O4. The Morgan fingerprint density at radius 2 is 1.76 bits per heavy atom. The maximum Gasteiger partial charge on any atom is 0.231 e. The van der Waals surface area contributed by atoms with E-state index in [0.29, 0.717) is 12.6 Å². The Kier molecular flexibility index (Phi) is 8.47. The molecule has 1 saturated heterocycles. The summed E-state index contributed by atoms with van der Waals surface area (Å²) < 4.78 is 11.2. The van der Waals surface area contributed by atoms with Gasteiger partial charge in [-0.3, -0.25) is 14.6 Å². The summed E-state index contributed by atoms with van der Waals surface area (Å²) in [4.78, 5) is 23.8. The first kappa shape index (κ1) is 31.4. The number of hydrogen-bond acceptors (Lipinski definition) is 7. The van der Waals surface area contributed by atoms with Gasteiger partial charge in [-0.2, -0.15) is 0 Å². The Labute approximate surface area is 273 Å².